The van der Waals surface area contributed by atoms with Crippen molar-refractivity contribution in [2.45, 2.75) is 13.0 Å². The van der Waals surface area contributed by atoms with Gasteiger partial charge in [-0.05, 0) is 31.7 Å². The van der Waals surface area contributed by atoms with Gasteiger partial charge in [0.15, 0.2) is 0 Å². The van der Waals surface area contributed by atoms with Crippen molar-refractivity contribution in [2.24, 2.45) is 0 Å². The maximum absolute atomic E-state index is 4.41. The summed E-state index contributed by atoms with van der Waals surface area (Å²) in [6.45, 7) is 2.13. The molecule has 0 aliphatic carbocycles. The highest BCUT2D eigenvalue weighted by Crippen LogP contribution is 2.17. The number of hydrogen-bond donors (Lipinski definition) is 1. The molecule has 2 nitrogen and oxygen atoms in total. The van der Waals surface area contributed by atoms with Crippen LogP contribution >= 0.6 is 0 Å². The molecular formula is C12H14N2. The molecular weight excluding hydrogens is 172 g/mol. The van der Waals surface area contributed by atoms with Crippen LogP contribution in [0.25, 0.3) is 10.9 Å². The lowest BCUT2D eigenvalue weighted by molar-refractivity contribution is 0.651. The van der Waals surface area contributed by atoms with E-state index in [2.05, 4.69) is 29.4 Å². The minimum Gasteiger partial charge on any atom is -0.313 e. The van der Waals surface area contributed by atoms with Gasteiger partial charge in [-0.15, -0.1) is 0 Å². The first kappa shape index (κ1) is 9.16. The standard InChI is InChI=1S/C12H14N2/c1-9(13-2)11-7-10-5-3-4-6-12(10)14-8-11/h3-9,13H,1-2H3/t9-/m1/s1. The first-order chi connectivity index (χ1) is 6.81. The fourth-order valence-corrected chi connectivity index (χ4v) is 1.49. The lowest BCUT2D eigenvalue weighted by Crippen LogP contribution is -2.12. The van der Waals surface area contributed by atoms with E-state index >= 15 is 0 Å². The van der Waals surface area contributed by atoms with Crippen LogP contribution in [0.1, 0.15) is 18.5 Å². The second kappa shape index (κ2) is 3.76. The maximum Gasteiger partial charge on any atom is 0.0702 e. The summed E-state index contributed by atoms with van der Waals surface area (Å²) >= 11 is 0. The SMILES string of the molecule is CN[C@H](C)c1cnc2ccccc2c1. The molecule has 0 aliphatic heterocycles. The van der Waals surface area contributed by atoms with E-state index in [-0.39, 0.29) is 0 Å². The summed E-state index contributed by atoms with van der Waals surface area (Å²) in [6, 6.07) is 10.7. The third kappa shape index (κ3) is 1.61. The van der Waals surface area contributed by atoms with Crippen molar-refractivity contribution in [2.75, 3.05) is 7.05 Å². The zero-order chi connectivity index (χ0) is 9.97. The maximum atomic E-state index is 4.41. The molecule has 2 aromatic rings. The van der Waals surface area contributed by atoms with Crippen LogP contribution in [-0.2, 0) is 0 Å². The third-order valence-corrected chi connectivity index (χ3v) is 2.54. The molecule has 2 heteroatoms. The van der Waals surface area contributed by atoms with Gasteiger partial charge in [-0.3, -0.25) is 4.98 Å². The minimum atomic E-state index is 0.354. The number of pyridine rings is 1. The summed E-state index contributed by atoms with van der Waals surface area (Å²) in [4.78, 5) is 4.41. The number of aromatic nitrogens is 1. The van der Waals surface area contributed by atoms with Crippen molar-refractivity contribution in [1.29, 1.82) is 0 Å². The van der Waals surface area contributed by atoms with Gasteiger partial charge in [-0.2, -0.15) is 0 Å². The Morgan fingerprint density at radius 1 is 1.29 bits per heavy atom. The summed E-state index contributed by atoms with van der Waals surface area (Å²) in [5.74, 6) is 0. The lowest BCUT2D eigenvalue weighted by Gasteiger charge is -2.10. The monoisotopic (exact) mass is 186 g/mol. The third-order valence-electron chi connectivity index (χ3n) is 2.54. The Morgan fingerprint density at radius 3 is 2.86 bits per heavy atom. The van der Waals surface area contributed by atoms with E-state index < -0.39 is 0 Å². The molecule has 1 aromatic heterocycles. The van der Waals surface area contributed by atoms with Crippen LogP contribution in [0.4, 0.5) is 0 Å². The number of para-hydroxylation sites is 1. The molecule has 0 aliphatic rings. The molecule has 1 aromatic carbocycles. The normalized spacial score (nSPS) is 13.0. The van der Waals surface area contributed by atoms with Crippen LogP contribution in [0.2, 0.25) is 0 Å². The van der Waals surface area contributed by atoms with E-state index in [1.807, 2.05) is 31.4 Å². The second-order valence-corrected chi connectivity index (χ2v) is 3.47. The molecule has 1 atom stereocenters. The molecule has 0 spiro atoms. The highest BCUT2D eigenvalue weighted by molar-refractivity contribution is 5.78. The molecule has 0 bridgehead atoms. The fourth-order valence-electron chi connectivity index (χ4n) is 1.49. The zero-order valence-corrected chi connectivity index (χ0v) is 8.49. The molecule has 0 radical (unpaired) electrons. The average Bonchev–Trinajstić information content (AvgIpc) is 2.27. The Bertz CT molecular complexity index is 437. The van der Waals surface area contributed by atoms with Crippen molar-refractivity contribution in [1.82, 2.24) is 10.3 Å². The summed E-state index contributed by atoms with van der Waals surface area (Å²) < 4.78 is 0. The number of benzene rings is 1. The van der Waals surface area contributed by atoms with E-state index in [1.165, 1.54) is 10.9 Å². The number of hydrogen-bond acceptors (Lipinski definition) is 2. The number of fused-ring (bicyclic) bond motifs is 1. The molecule has 0 saturated carbocycles. The van der Waals surface area contributed by atoms with Gasteiger partial charge in [0.1, 0.15) is 0 Å². The molecule has 1 heterocycles. The van der Waals surface area contributed by atoms with Gasteiger partial charge in [0, 0.05) is 17.6 Å². The first-order valence-corrected chi connectivity index (χ1v) is 4.83. The van der Waals surface area contributed by atoms with E-state index in [1.54, 1.807) is 0 Å². The van der Waals surface area contributed by atoms with Crippen LogP contribution in [0.5, 0.6) is 0 Å². The van der Waals surface area contributed by atoms with Gasteiger partial charge < -0.3 is 5.32 Å². The van der Waals surface area contributed by atoms with Crippen molar-refractivity contribution in [3.8, 4) is 0 Å². The van der Waals surface area contributed by atoms with Gasteiger partial charge in [-0.25, -0.2) is 0 Å². The largest absolute Gasteiger partial charge is 0.313 e. The minimum absolute atomic E-state index is 0.354. The predicted molar refractivity (Wildman–Crippen MR) is 59.2 cm³/mol. The molecule has 2 rings (SSSR count). The van der Waals surface area contributed by atoms with E-state index in [9.17, 15) is 0 Å². The quantitative estimate of drug-likeness (QED) is 0.779. The van der Waals surface area contributed by atoms with Gasteiger partial charge in [0.05, 0.1) is 5.52 Å². The van der Waals surface area contributed by atoms with Crippen LogP contribution in [-0.4, -0.2) is 12.0 Å². The van der Waals surface area contributed by atoms with Crippen LogP contribution < -0.4 is 5.32 Å². The Morgan fingerprint density at radius 2 is 2.07 bits per heavy atom. The van der Waals surface area contributed by atoms with Crippen LogP contribution in [0, 0.1) is 0 Å². The van der Waals surface area contributed by atoms with Crippen molar-refractivity contribution >= 4 is 10.9 Å². The van der Waals surface area contributed by atoms with E-state index in [4.69, 9.17) is 0 Å². The topological polar surface area (TPSA) is 24.9 Å². The Hall–Kier alpha value is -1.41. The molecule has 0 unspecified atom stereocenters. The van der Waals surface area contributed by atoms with Gasteiger partial charge in [0.25, 0.3) is 0 Å². The number of rotatable bonds is 2. The molecule has 1 N–H and O–H groups in total. The van der Waals surface area contributed by atoms with Gasteiger partial charge in [0.2, 0.25) is 0 Å². The van der Waals surface area contributed by atoms with Gasteiger partial charge in [-0.1, -0.05) is 18.2 Å². The summed E-state index contributed by atoms with van der Waals surface area (Å²) in [5, 5.41) is 4.41. The Labute approximate surface area is 84.0 Å². The summed E-state index contributed by atoms with van der Waals surface area (Å²) in [7, 11) is 1.96. The second-order valence-electron chi connectivity index (χ2n) is 3.47. The van der Waals surface area contributed by atoms with E-state index in [0.717, 1.165) is 5.52 Å². The molecule has 0 amide bonds. The Kier molecular flexibility index (Phi) is 2.46. The summed E-state index contributed by atoms with van der Waals surface area (Å²) in [5.41, 5.74) is 2.28. The average molecular weight is 186 g/mol. The van der Waals surface area contributed by atoms with Gasteiger partial charge >= 0.3 is 0 Å². The van der Waals surface area contributed by atoms with Crippen LogP contribution in [0.15, 0.2) is 36.5 Å². The predicted octanol–water partition coefficient (Wildman–Crippen LogP) is 2.52. The van der Waals surface area contributed by atoms with E-state index in [0.29, 0.717) is 6.04 Å². The van der Waals surface area contributed by atoms with Crippen molar-refractivity contribution in [3.05, 3.63) is 42.1 Å². The van der Waals surface area contributed by atoms with Crippen LogP contribution in [0.3, 0.4) is 0 Å². The Balaban J connectivity index is 2.51. The highest BCUT2D eigenvalue weighted by atomic mass is 14.9. The smallest absolute Gasteiger partial charge is 0.0702 e. The molecule has 0 saturated heterocycles. The zero-order valence-electron chi connectivity index (χ0n) is 8.49. The number of nitrogens with one attached hydrogen (secondary N) is 1. The van der Waals surface area contributed by atoms with Crippen molar-refractivity contribution < 1.29 is 0 Å². The molecule has 72 valence electrons. The molecule has 0 fully saturated rings. The highest BCUT2D eigenvalue weighted by Gasteiger charge is 2.03. The first-order valence-electron chi connectivity index (χ1n) is 4.83. The number of nitrogens with zero attached hydrogens (tertiary/aromatic N) is 1. The molecule has 14 heavy (non-hydrogen) atoms. The van der Waals surface area contributed by atoms with Crippen molar-refractivity contribution in [3.63, 3.8) is 0 Å². The lowest BCUT2D eigenvalue weighted by atomic mass is 10.1. The fraction of sp³-hybridized carbons (Fsp3) is 0.250. The summed E-state index contributed by atoms with van der Waals surface area (Å²) in [6.07, 6.45) is 1.93.